The van der Waals surface area contributed by atoms with Crippen molar-refractivity contribution >= 4 is 17.2 Å². The van der Waals surface area contributed by atoms with Crippen molar-refractivity contribution in [1.82, 2.24) is 30.0 Å². The van der Waals surface area contributed by atoms with Crippen LogP contribution in [0.25, 0.3) is 10.8 Å². The van der Waals surface area contributed by atoms with E-state index in [0.717, 1.165) is 25.9 Å². The van der Waals surface area contributed by atoms with Crippen LogP contribution in [0, 0.1) is 0 Å². The quantitative estimate of drug-likeness (QED) is 0.918. The average Bonchev–Trinajstić information content (AvgIpc) is 3.17. The number of carbonyl (C=O) groups excluding carboxylic acids is 1. The number of piperidine rings is 1. The zero-order valence-corrected chi connectivity index (χ0v) is 12.9. The predicted molar refractivity (Wildman–Crippen MR) is 80.1 cm³/mol. The van der Waals surface area contributed by atoms with Gasteiger partial charge in [0.25, 0.3) is 5.91 Å². The summed E-state index contributed by atoms with van der Waals surface area (Å²) in [4.78, 5) is 25.1. The predicted octanol–water partition coefficient (Wildman–Crippen LogP) is 1.09. The summed E-state index contributed by atoms with van der Waals surface area (Å²) >= 11 is 1.40. The first-order valence-electron chi connectivity index (χ1n) is 6.92. The van der Waals surface area contributed by atoms with Gasteiger partial charge in [-0.05, 0) is 26.9 Å². The van der Waals surface area contributed by atoms with Crippen LogP contribution in [0.2, 0.25) is 0 Å². The first kappa shape index (κ1) is 14.2. The van der Waals surface area contributed by atoms with E-state index in [1.165, 1.54) is 17.7 Å². The van der Waals surface area contributed by atoms with Gasteiger partial charge in [-0.15, -0.1) is 11.3 Å². The molecule has 1 saturated heterocycles. The van der Waals surface area contributed by atoms with Crippen molar-refractivity contribution < 1.29 is 4.79 Å². The molecular formula is C13H18N6OS. The fourth-order valence-corrected chi connectivity index (χ4v) is 3.25. The van der Waals surface area contributed by atoms with E-state index in [2.05, 4.69) is 39.2 Å². The summed E-state index contributed by atoms with van der Waals surface area (Å²) in [5, 5.41) is 9.05. The Morgan fingerprint density at radius 1 is 1.52 bits per heavy atom. The van der Waals surface area contributed by atoms with Crippen molar-refractivity contribution in [3.63, 3.8) is 0 Å². The molecule has 1 amide bonds. The maximum atomic E-state index is 12.6. The minimum atomic E-state index is 0.00330. The Labute approximate surface area is 127 Å². The Bertz CT molecular complexity index is 608. The Balaban J connectivity index is 1.73. The van der Waals surface area contributed by atoms with Crippen LogP contribution in [-0.4, -0.2) is 69.1 Å². The fourth-order valence-electron chi connectivity index (χ4n) is 2.51. The Morgan fingerprint density at radius 3 is 3.10 bits per heavy atom. The van der Waals surface area contributed by atoms with E-state index in [0.29, 0.717) is 22.6 Å². The van der Waals surface area contributed by atoms with Gasteiger partial charge in [0.05, 0.1) is 0 Å². The van der Waals surface area contributed by atoms with Crippen molar-refractivity contribution in [2.45, 2.75) is 18.9 Å². The number of amides is 1. The van der Waals surface area contributed by atoms with E-state index in [1.807, 2.05) is 4.90 Å². The number of likely N-dealkylation sites (N-methyl/N-ethyl adjacent to an activating group) is 1. The van der Waals surface area contributed by atoms with Gasteiger partial charge in [-0.3, -0.25) is 9.89 Å². The van der Waals surface area contributed by atoms with E-state index in [-0.39, 0.29) is 5.91 Å². The maximum absolute atomic E-state index is 12.6. The zero-order chi connectivity index (χ0) is 14.8. The number of thiazole rings is 1. The van der Waals surface area contributed by atoms with Gasteiger partial charge in [0.2, 0.25) is 0 Å². The van der Waals surface area contributed by atoms with E-state index < -0.39 is 0 Å². The van der Waals surface area contributed by atoms with Gasteiger partial charge in [-0.25, -0.2) is 9.97 Å². The minimum Gasteiger partial charge on any atom is -0.336 e. The molecule has 2 aromatic rings. The van der Waals surface area contributed by atoms with Crippen molar-refractivity contribution in [2.75, 3.05) is 27.2 Å². The molecule has 0 saturated carbocycles. The smallest absolute Gasteiger partial charge is 0.273 e. The van der Waals surface area contributed by atoms with E-state index in [4.69, 9.17) is 0 Å². The molecule has 0 spiro atoms. The lowest BCUT2D eigenvalue weighted by Crippen LogP contribution is -2.47. The van der Waals surface area contributed by atoms with E-state index in [1.54, 1.807) is 5.38 Å². The van der Waals surface area contributed by atoms with Crippen LogP contribution in [0.3, 0.4) is 0 Å². The second-order valence-electron chi connectivity index (χ2n) is 5.38. The second kappa shape index (κ2) is 5.90. The standard InChI is InChI=1S/C13H18N6OS/c1-18(2)9-4-3-5-19(6-9)13(20)10-7-21-12(16-10)11-14-8-15-17-11/h7-9H,3-6H2,1-2H3,(H,14,15,17). The monoisotopic (exact) mass is 306 g/mol. The number of rotatable bonds is 3. The van der Waals surface area contributed by atoms with Gasteiger partial charge >= 0.3 is 0 Å². The molecular weight excluding hydrogens is 288 g/mol. The summed E-state index contributed by atoms with van der Waals surface area (Å²) < 4.78 is 0. The molecule has 8 heteroatoms. The molecule has 0 aromatic carbocycles. The summed E-state index contributed by atoms with van der Waals surface area (Å²) in [6, 6.07) is 0.426. The molecule has 1 atom stereocenters. The molecule has 1 aliphatic rings. The number of hydrogen-bond donors (Lipinski definition) is 1. The Morgan fingerprint density at radius 2 is 2.38 bits per heavy atom. The number of H-pyrrole nitrogens is 1. The van der Waals surface area contributed by atoms with Gasteiger partial charge in [-0.2, -0.15) is 5.10 Å². The second-order valence-corrected chi connectivity index (χ2v) is 6.24. The molecule has 3 heterocycles. The van der Waals surface area contributed by atoms with Crippen LogP contribution in [0.15, 0.2) is 11.7 Å². The molecule has 1 unspecified atom stereocenters. The number of aromatic nitrogens is 4. The molecule has 0 aliphatic carbocycles. The number of nitrogens with zero attached hydrogens (tertiary/aromatic N) is 5. The normalized spacial score (nSPS) is 19.2. The molecule has 21 heavy (non-hydrogen) atoms. The van der Waals surface area contributed by atoms with Crippen molar-refractivity contribution in [1.29, 1.82) is 0 Å². The molecule has 1 aliphatic heterocycles. The first-order valence-corrected chi connectivity index (χ1v) is 7.80. The van der Waals surface area contributed by atoms with Crippen molar-refractivity contribution in [2.24, 2.45) is 0 Å². The molecule has 0 radical (unpaired) electrons. The number of likely N-dealkylation sites (tertiary alicyclic amines) is 1. The highest BCUT2D eigenvalue weighted by Gasteiger charge is 2.27. The molecule has 0 bridgehead atoms. The van der Waals surface area contributed by atoms with Crippen LogP contribution in [0.4, 0.5) is 0 Å². The third kappa shape index (κ3) is 2.96. The highest BCUT2D eigenvalue weighted by atomic mass is 32.1. The van der Waals surface area contributed by atoms with Crippen LogP contribution in [0.1, 0.15) is 23.3 Å². The lowest BCUT2D eigenvalue weighted by molar-refractivity contribution is 0.0630. The summed E-state index contributed by atoms with van der Waals surface area (Å²) in [7, 11) is 4.12. The highest BCUT2D eigenvalue weighted by molar-refractivity contribution is 7.13. The average molecular weight is 306 g/mol. The fraction of sp³-hybridized carbons (Fsp3) is 0.538. The molecule has 1 N–H and O–H groups in total. The van der Waals surface area contributed by atoms with Crippen LogP contribution in [-0.2, 0) is 0 Å². The van der Waals surface area contributed by atoms with E-state index in [9.17, 15) is 4.79 Å². The molecule has 112 valence electrons. The first-order chi connectivity index (χ1) is 10.1. The highest BCUT2D eigenvalue weighted by Crippen LogP contribution is 2.22. The van der Waals surface area contributed by atoms with E-state index >= 15 is 0 Å². The van der Waals surface area contributed by atoms with Crippen LogP contribution < -0.4 is 0 Å². The van der Waals surface area contributed by atoms with Gasteiger partial charge in [0, 0.05) is 24.5 Å². The SMILES string of the molecule is CN(C)C1CCCN(C(=O)c2csc(-c3ncn[nH]3)n2)C1. The summed E-state index contributed by atoms with van der Waals surface area (Å²) in [6.45, 7) is 1.57. The lowest BCUT2D eigenvalue weighted by Gasteiger charge is -2.35. The molecule has 1 fully saturated rings. The number of carbonyl (C=O) groups is 1. The molecule has 7 nitrogen and oxygen atoms in total. The van der Waals surface area contributed by atoms with Crippen molar-refractivity contribution in [3.05, 3.63) is 17.4 Å². The van der Waals surface area contributed by atoms with Crippen molar-refractivity contribution in [3.8, 4) is 10.8 Å². The molecule has 2 aromatic heterocycles. The number of nitrogens with one attached hydrogen (secondary N) is 1. The summed E-state index contributed by atoms with van der Waals surface area (Å²) in [5.74, 6) is 0.604. The Kier molecular flexibility index (Phi) is 3.98. The van der Waals surface area contributed by atoms with Crippen LogP contribution in [0.5, 0.6) is 0 Å². The number of hydrogen-bond acceptors (Lipinski definition) is 6. The topological polar surface area (TPSA) is 78.0 Å². The largest absolute Gasteiger partial charge is 0.336 e. The van der Waals surface area contributed by atoms with Gasteiger partial charge < -0.3 is 9.80 Å². The Hall–Kier alpha value is -1.80. The number of aromatic amines is 1. The van der Waals surface area contributed by atoms with Gasteiger partial charge in [0.15, 0.2) is 10.8 Å². The third-order valence-electron chi connectivity index (χ3n) is 3.75. The van der Waals surface area contributed by atoms with Gasteiger partial charge in [-0.1, -0.05) is 0 Å². The third-order valence-corrected chi connectivity index (χ3v) is 4.60. The minimum absolute atomic E-state index is 0.00330. The molecule has 3 rings (SSSR count). The van der Waals surface area contributed by atoms with Gasteiger partial charge in [0.1, 0.15) is 12.0 Å². The van der Waals surface area contributed by atoms with Crippen LogP contribution >= 0.6 is 11.3 Å². The maximum Gasteiger partial charge on any atom is 0.273 e. The summed E-state index contributed by atoms with van der Waals surface area (Å²) in [6.07, 6.45) is 3.61. The lowest BCUT2D eigenvalue weighted by atomic mass is 10.0. The zero-order valence-electron chi connectivity index (χ0n) is 12.1. The summed E-state index contributed by atoms with van der Waals surface area (Å²) in [5.41, 5.74) is 0.491.